The molecule has 2 amide bonds. The lowest BCUT2D eigenvalue weighted by molar-refractivity contribution is 0.0593. The van der Waals surface area contributed by atoms with E-state index in [1.54, 1.807) is 31.0 Å². The van der Waals surface area contributed by atoms with Crippen LogP contribution in [-0.4, -0.2) is 47.6 Å². The molecular weight excluding hydrogens is 318 g/mol. The summed E-state index contributed by atoms with van der Waals surface area (Å²) in [7, 11) is 3.81. The van der Waals surface area contributed by atoms with E-state index >= 15 is 0 Å². The van der Waals surface area contributed by atoms with Gasteiger partial charge in [-0.05, 0) is 25.5 Å². The number of aliphatic hydroxyl groups is 1. The number of carbonyl (C=O) groups is 1. The van der Waals surface area contributed by atoms with E-state index in [-0.39, 0.29) is 12.6 Å². The first-order valence-electron chi connectivity index (χ1n) is 8.38. The molecule has 0 aliphatic carbocycles. The molecule has 136 valence electrons. The van der Waals surface area contributed by atoms with Gasteiger partial charge < -0.3 is 20.6 Å². The zero-order chi connectivity index (χ0) is 18.3. The van der Waals surface area contributed by atoms with Crippen LogP contribution in [0.25, 0.3) is 0 Å². The molecule has 1 aromatic carbocycles. The highest BCUT2D eigenvalue weighted by atomic mass is 16.3. The molecule has 7 nitrogen and oxygen atoms in total. The normalized spacial score (nSPS) is 13.1. The number of rotatable bonds is 8. The molecule has 7 heteroatoms. The van der Waals surface area contributed by atoms with Crippen molar-refractivity contribution in [3.63, 3.8) is 0 Å². The lowest BCUT2D eigenvalue weighted by Crippen LogP contribution is -2.43. The largest absolute Gasteiger partial charge is 0.383 e. The molecule has 0 saturated heterocycles. The van der Waals surface area contributed by atoms with Crippen LogP contribution in [0.5, 0.6) is 0 Å². The summed E-state index contributed by atoms with van der Waals surface area (Å²) in [5.74, 6) is 0. The molecule has 2 aromatic rings. The van der Waals surface area contributed by atoms with Crippen molar-refractivity contribution in [1.82, 2.24) is 20.4 Å². The van der Waals surface area contributed by atoms with E-state index in [0.717, 1.165) is 18.7 Å². The second-order valence-electron chi connectivity index (χ2n) is 6.40. The smallest absolute Gasteiger partial charge is 0.314 e. The highest BCUT2D eigenvalue weighted by Crippen LogP contribution is 2.18. The number of nitrogens with zero attached hydrogens (tertiary/aromatic N) is 3. The van der Waals surface area contributed by atoms with Gasteiger partial charge >= 0.3 is 6.03 Å². The fourth-order valence-corrected chi connectivity index (χ4v) is 2.45. The monoisotopic (exact) mass is 345 g/mol. The Balaban J connectivity index is 1.65. The predicted octanol–water partition coefficient (Wildman–Crippen LogP) is 1.45. The summed E-state index contributed by atoms with van der Waals surface area (Å²) >= 11 is 0. The van der Waals surface area contributed by atoms with E-state index in [1.165, 1.54) is 0 Å². The van der Waals surface area contributed by atoms with Crippen molar-refractivity contribution < 1.29 is 9.90 Å². The van der Waals surface area contributed by atoms with Crippen molar-refractivity contribution in [2.24, 2.45) is 7.05 Å². The number of hydrogen-bond donors (Lipinski definition) is 3. The first-order chi connectivity index (χ1) is 11.9. The van der Waals surface area contributed by atoms with Gasteiger partial charge in [0.05, 0.1) is 12.7 Å². The van der Waals surface area contributed by atoms with Gasteiger partial charge in [-0.25, -0.2) is 4.79 Å². The fraction of sp³-hybridized carbons (Fsp3) is 0.444. The van der Waals surface area contributed by atoms with Gasteiger partial charge in [-0.3, -0.25) is 4.68 Å². The Morgan fingerprint density at radius 1 is 1.32 bits per heavy atom. The van der Waals surface area contributed by atoms with Crippen molar-refractivity contribution >= 4 is 11.7 Å². The number of para-hydroxylation sites is 1. The van der Waals surface area contributed by atoms with Crippen LogP contribution in [0.15, 0.2) is 42.7 Å². The van der Waals surface area contributed by atoms with Crippen molar-refractivity contribution in [1.29, 1.82) is 0 Å². The van der Waals surface area contributed by atoms with E-state index in [9.17, 15) is 9.90 Å². The maximum atomic E-state index is 11.9. The summed E-state index contributed by atoms with van der Waals surface area (Å²) < 4.78 is 1.62. The van der Waals surface area contributed by atoms with E-state index < -0.39 is 5.60 Å². The van der Waals surface area contributed by atoms with Crippen molar-refractivity contribution in [3.8, 4) is 0 Å². The summed E-state index contributed by atoms with van der Waals surface area (Å²) in [6, 6.07) is 9.83. The van der Waals surface area contributed by atoms with Gasteiger partial charge in [0.1, 0.15) is 5.60 Å². The van der Waals surface area contributed by atoms with Crippen molar-refractivity contribution in [2.45, 2.75) is 18.9 Å². The summed E-state index contributed by atoms with van der Waals surface area (Å²) in [6.07, 6.45) is 4.16. The zero-order valence-electron chi connectivity index (χ0n) is 15.1. The van der Waals surface area contributed by atoms with Gasteiger partial charge in [-0.2, -0.15) is 5.10 Å². The molecule has 1 atom stereocenters. The number of hydrogen-bond acceptors (Lipinski definition) is 4. The van der Waals surface area contributed by atoms with Gasteiger partial charge in [-0.1, -0.05) is 18.2 Å². The van der Waals surface area contributed by atoms with Crippen LogP contribution in [0.3, 0.4) is 0 Å². The molecule has 0 aliphatic heterocycles. The first-order valence-corrected chi connectivity index (χ1v) is 8.38. The Labute approximate surface area is 148 Å². The third-order valence-electron chi connectivity index (χ3n) is 4.07. The highest BCUT2D eigenvalue weighted by Gasteiger charge is 2.25. The van der Waals surface area contributed by atoms with Crippen molar-refractivity contribution in [2.75, 3.05) is 31.6 Å². The molecule has 2 rings (SSSR count). The lowest BCUT2D eigenvalue weighted by Gasteiger charge is -2.22. The number of aromatic nitrogens is 2. The Bertz CT molecular complexity index is 669. The van der Waals surface area contributed by atoms with Crippen LogP contribution in [0.2, 0.25) is 0 Å². The Morgan fingerprint density at radius 3 is 2.68 bits per heavy atom. The topological polar surface area (TPSA) is 82.4 Å². The molecule has 0 spiro atoms. The van der Waals surface area contributed by atoms with Gasteiger partial charge in [0.25, 0.3) is 0 Å². The molecule has 1 unspecified atom stereocenters. The zero-order valence-corrected chi connectivity index (χ0v) is 15.1. The minimum atomic E-state index is -1.15. The molecule has 0 radical (unpaired) electrons. The highest BCUT2D eigenvalue weighted by molar-refractivity contribution is 5.73. The number of anilines is 1. The van der Waals surface area contributed by atoms with Gasteiger partial charge in [0.15, 0.2) is 0 Å². The average molecular weight is 345 g/mol. The lowest BCUT2D eigenvalue weighted by atomic mass is 10.00. The summed E-state index contributed by atoms with van der Waals surface area (Å²) in [5.41, 5.74) is 0.665. The standard InChI is InChI=1S/C18H27N5O2/c1-18(25,15-12-21-23(3)13-15)14-20-17(24)19-10-7-11-22(2)16-8-5-4-6-9-16/h4-6,8-9,12-13,25H,7,10-11,14H2,1-3H3,(H2,19,20,24). The van der Waals surface area contributed by atoms with Crippen LogP contribution >= 0.6 is 0 Å². The molecule has 1 aromatic heterocycles. The first kappa shape index (κ1) is 18.8. The van der Waals surface area contributed by atoms with Crippen LogP contribution in [0, 0.1) is 0 Å². The number of amides is 2. The van der Waals surface area contributed by atoms with E-state index in [0.29, 0.717) is 12.1 Å². The fourth-order valence-electron chi connectivity index (χ4n) is 2.45. The number of nitrogens with one attached hydrogen (secondary N) is 2. The molecule has 25 heavy (non-hydrogen) atoms. The molecule has 0 bridgehead atoms. The van der Waals surface area contributed by atoms with Gasteiger partial charge in [0, 0.05) is 44.6 Å². The van der Waals surface area contributed by atoms with Crippen LogP contribution in [0.4, 0.5) is 10.5 Å². The van der Waals surface area contributed by atoms with Crippen LogP contribution in [-0.2, 0) is 12.6 Å². The molecule has 0 saturated carbocycles. The molecule has 1 heterocycles. The molecule has 3 N–H and O–H groups in total. The third-order valence-corrected chi connectivity index (χ3v) is 4.07. The summed E-state index contributed by atoms with van der Waals surface area (Å²) in [5, 5.41) is 20.0. The van der Waals surface area contributed by atoms with E-state index in [2.05, 4.69) is 32.8 Å². The summed E-state index contributed by atoms with van der Waals surface area (Å²) in [6.45, 7) is 3.18. The van der Waals surface area contributed by atoms with E-state index in [4.69, 9.17) is 0 Å². The second-order valence-corrected chi connectivity index (χ2v) is 6.40. The Hall–Kier alpha value is -2.54. The average Bonchev–Trinajstić information content (AvgIpc) is 3.05. The minimum Gasteiger partial charge on any atom is -0.383 e. The number of aryl methyl sites for hydroxylation is 1. The maximum Gasteiger partial charge on any atom is 0.314 e. The third kappa shape index (κ3) is 5.79. The minimum absolute atomic E-state index is 0.119. The van der Waals surface area contributed by atoms with Gasteiger partial charge in [-0.15, -0.1) is 0 Å². The predicted molar refractivity (Wildman–Crippen MR) is 98.5 cm³/mol. The number of urea groups is 1. The molecule has 0 fully saturated rings. The summed E-state index contributed by atoms with van der Waals surface area (Å²) in [4.78, 5) is 14.0. The maximum absolute atomic E-state index is 11.9. The number of carbonyl (C=O) groups excluding carboxylic acids is 1. The SMILES string of the molecule is CN(CCCNC(=O)NCC(C)(O)c1cnn(C)c1)c1ccccc1. The van der Waals surface area contributed by atoms with Gasteiger partial charge in [0.2, 0.25) is 0 Å². The van der Waals surface area contributed by atoms with E-state index in [1.807, 2.05) is 25.2 Å². The molecular formula is C18H27N5O2. The number of benzene rings is 1. The quantitative estimate of drug-likeness (QED) is 0.633. The molecule has 0 aliphatic rings. The van der Waals surface area contributed by atoms with Crippen LogP contribution in [0.1, 0.15) is 18.9 Å². The second kappa shape index (κ2) is 8.53. The van der Waals surface area contributed by atoms with Crippen molar-refractivity contribution in [3.05, 3.63) is 48.3 Å². The Morgan fingerprint density at radius 2 is 2.04 bits per heavy atom. The Kier molecular flexibility index (Phi) is 6.41. The van der Waals surface area contributed by atoms with Crippen LogP contribution < -0.4 is 15.5 Å².